The van der Waals surface area contributed by atoms with Crippen molar-refractivity contribution < 1.29 is 13.9 Å². The van der Waals surface area contributed by atoms with Crippen LogP contribution in [-0.2, 0) is 11.3 Å². The Morgan fingerprint density at radius 1 is 1.42 bits per heavy atom. The molecule has 1 aromatic carbocycles. The lowest BCUT2D eigenvalue weighted by molar-refractivity contribution is 0.0636. The molecule has 7 nitrogen and oxygen atoms in total. The third-order valence-corrected chi connectivity index (χ3v) is 4.72. The Balaban J connectivity index is 1.68. The molecular formula is C24H30N4O3. The van der Waals surface area contributed by atoms with Crippen LogP contribution in [0, 0.1) is 0 Å². The molecule has 0 aliphatic heterocycles. The number of amides is 1. The van der Waals surface area contributed by atoms with Crippen LogP contribution in [0.5, 0.6) is 0 Å². The van der Waals surface area contributed by atoms with Gasteiger partial charge in [-0.1, -0.05) is 30.9 Å². The summed E-state index contributed by atoms with van der Waals surface area (Å²) in [6.45, 7) is 9.51. The molecule has 2 aromatic rings. The van der Waals surface area contributed by atoms with Gasteiger partial charge in [0.25, 0.3) is 6.01 Å². The van der Waals surface area contributed by atoms with E-state index in [0.717, 1.165) is 35.4 Å². The molecule has 1 heterocycles. The van der Waals surface area contributed by atoms with Crippen molar-refractivity contribution in [1.29, 1.82) is 0 Å². The first-order chi connectivity index (χ1) is 14.8. The highest BCUT2D eigenvalue weighted by Gasteiger charge is 2.18. The molecule has 1 unspecified atom stereocenters. The Morgan fingerprint density at radius 2 is 2.23 bits per heavy atom. The minimum absolute atomic E-state index is 0.164. The monoisotopic (exact) mass is 422 g/mol. The van der Waals surface area contributed by atoms with Crippen molar-refractivity contribution in [2.45, 2.75) is 51.7 Å². The summed E-state index contributed by atoms with van der Waals surface area (Å²) in [5.41, 5.74) is 8.54. The number of hydrogen-bond acceptors (Lipinski definition) is 6. The van der Waals surface area contributed by atoms with Crippen LogP contribution in [0.2, 0.25) is 0 Å². The molecule has 0 saturated carbocycles. The van der Waals surface area contributed by atoms with Crippen LogP contribution in [0.15, 0.2) is 65.3 Å². The van der Waals surface area contributed by atoms with Crippen molar-refractivity contribution in [3.63, 3.8) is 0 Å². The van der Waals surface area contributed by atoms with E-state index in [1.807, 2.05) is 39.0 Å². The Kier molecular flexibility index (Phi) is 6.97. The molecule has 3 rings (SSSR count). The van der Waals surface area contributed by atoms with Crippen LogP contribution in [0.1, 0.15) is 50.9 Å². The number of allylic oxidation sites excluding steroid dienone is 5. The van der Waals surface area contributed by atoms with E-state index in [0.29, 0.717) is 11.7 Å². The van der Waals surface area contributed by atoms with Gasteiger partial charge in [-0.3, -0.25) is 5.32 Å². The van der Waals surface area contributed by atoms with Crippen molar-refractivity contribution in [3.05, 3.63) is 72.2 Å². The van der Waals surface area contributed by atoms with E-state index in [1.54, 1.807) is 12.3 Å². The van der Waals surface area contributed by atoms with Gasteiger partial charge in [-0.25, -0.2) is 9.78 Å². The van der Waals surface area contributed by atoms with Gasteiger partial charge < -0.3 is 20.2 Å². The van der Waals surface area contributed by atoms with Crippen molar-refractivity contribution in [2.24, 2.45) is 5.73 Å². The summed E-state index contributed by atoms with van der Waals surface area (Å²) in [7, 11) is 0. The number of anilines is 3. The number of hydrogen-bond donors (Lipinski definition) is 3. The minimum Gasteiger partial charge on any atom is -0.444 e. The largest absolute Gasteiger partial charge is 0.444 e. The summed E-state index contributed by atoms with van der Waals surface area (Å²) < 4.78 is 11.2. The maximum atomic E-state index is 12.1. The smallest absolute Gasteiger partial charge is 0.412 e. The molecule has 164 valence electrons. The molecule has 1 aliphatic carbocycles. The third-order valence-electron chi connectivity index (χ3n) is 4.72. The molecule has 0 bridgehead atoms. The SMILES string of the molecule is C=CC1=CCCC(c2cnc(Nc3ccc(NC(=O)OC(C)(C)C)c(CN)c3)o2)C=C1. The standard InChI is InChI=1S/C24H30N4O3/c1-5-16-7-6-8-17(10-9-16)21-15-26-22(30-21)27-19-11-12-20(18(13-19)14-25)28-23(29)31-24(2,3)4/h5,7,9-13,15,17H,1,6,8,14,25H2,2-4H3,(H,26,27)(H,28,29). The Morgan fingerprint density at radius 3 is 2.94 bits per heavy atom. The predicted octanol–water partition coefficient (Wildman–Crippen LogP) is 5.77. The molecule has 4 N–H and O–H groups in total. The van der Waals surface area contributed by atoms with Gasteiger partial charge in [-0.2, -0.15) is 0 Å². The number of nitrogens with zero attached hydrogens (tertiary/aromatic N) is 1. The molecule has 7 heteroatoms. The number of oxazole rings is 1. The Labute approximate surface area is 183 Å². The quantitative estimate of drug-likeness (QED) is 0.546. The van der Waals surface area contributed by atoms with Gasteiger partial charge in [0.2, 0.25) is 0 Å². The van der Waals surface area contributed by atoms with Crippen molar-refractivity contribution in [2.75, 3.05) is 10.6 Å². The lowest BCUT2D eigenvalue weighted by Gasteiger charge is -2.20. The average Bonchev–Trinajstić information content (AvgIpc) is 3.03. The Bertz CT molecular complexity index is 998. The van der Waals surface area contributed by atoms with Crippen molar-refractivity contribution >= 4 is 23.5 Å². The molecule has 31 heavy (non-hydrogen) atoms. The molecule has 1 atom stereocenters. The predicted molar refractivity (Wildman–Crippen MR) is 123 cm³/mol. The van der Waals surface area contributed by atoms with Gasteiger partial charge in [-0.15, -0.1) is 0 Å². The number of ether oxygens (including phenoxy) is 1. The summed E-state index contributed by atoms with van der Waals surface area (Å²) in [6.07, 6.45) is 11.3. The highest BCUT2D eigenvalue weighted by molar-refractivity contribution is 5.86. The van der Waals surface area contributed by atoms with Crippen LogP contribution < -0.4 is 16.4 Å². The van der Waals surface area contributed by atoms with E-state index in [1.165, 1.54) is 0 Å². The first kappa shape index (κ1) is 22.4. The van der Waals surface area contributed by atoms with E-state index in [9.17, 15) is 4.79 Å². The molecular weight excluding hydrogens is 392 g/mol. The fourth-order valence-corrected chi connectivity index (χ4v) is 3.22. The van der Waals surface area contributed by atoms with Crippen LogP contribution >= 0.6 is 0 Å². The van der Waals surface area contributed by atoms with E-state index in [2.05, 4.69) is 40.4 Å². The van der Waals surface area contributed by atoms with Crippen LogP contribution in [0.4, 0.5) is 22.2 Å². The fraction of sp³-hybridized carbons (Fsp3) is 0.333. The van der Waals surface area contributed by atoms with E-state index in [-0.39, 0.29) is 12.5 Å². The second kappa shape index (κ2) is 9.66. The second-order valence-corrected chi connectivity index (χ2v) is 8.35. The van der Waals surface area contributed by atoms with Crippen molar-refractivity contribution in [1.82, 2.24) is 4.98 Å². The highest BCUT2D eigenvalue weighted by Crippen LogP contribution is 2.30. The van der Waals surface area contributed by atoms with Gasteiger partial charge in [-0.05, 0) is 62.9 Å². The molecule has 1 amide bonds. The van der Waals surface area contributed by atoms with E-state index >= 15 is 0 Å². The lowest BCUT2D eigenvalue weighted by atomic mass is 10.0. The first-order valence-electron chi connectivity index (χ1n) is 10.3. The molecule has 1 aromatic heterocycles. The maximum Gasteiger partial charge on any atom is 0.412 e. The van der Waals surface area contributed by atoms with E-state index < -0.39 is 11.7 Å². The molecule has 0 saturated heterocycles. The zero-order chi connectivity index (χ0) is 22.4. The summed E-state index contributed by atoms with van der Waals surface area (Å²) in [5.74, 6) is 0.969. The molecule has 1 aliphatic rings. The minimum atomic E-state index is -0.576. The van der Waals surface area contributed by atoms with Crippen LogP contribution in [-0.4, -0.2) is 16.7 Å². The molecule has 0 spiro atoms. The average molecular weight is 423 g/mol. The van der Waals surface area contributed by atoms with Crippen LogP contribution in [0.25, 0.3) is 0 Å². The lowest BCUT2D eigenvalue weighted by Crippen LogP contribution is -2.27. The van der Waals surface area contributed by atoms with E-state index in [4.69, 9.17) is 14.9 Å². The molecule has 0 fully saturated rings. The van der Waals surface area contributed by atoms with Gasteiger partial charge >= 0.3 is 6.09 Å². The number of carbonyl (C=O) groups excluding carboxylic acids is 1. The van der Waals surface area contributed by atoms with Crippen LogP contribution in [0.3, 0.4) is 0 Å². The van der Waals surface area contributed by atoms with Gasteiger partial charge in [0.1, 0.15) is 11.4 Å². The third kappa shape index (κ3) is 6.33. The topological polar surface area (TPSA) is 102 Å². The highest BCUT2D eigenvalue weighted by atomic mass is 16.6. The number of rotatable bonds is 6. The Hall–Kier alpha value is -3.32. The maximum absolute atomic E-state index is 12.1. The number of benzene rings is 1. The fourth-order valence-electron chi connectivity index (χ4n) is 3.22. The van der Waals surface area contributed by atoms with Crippen molar-refractivity contribution in [3.8, 4) is 0 Å². The number of nitrogens with two attached hydrogens (primary N) is 1. The number of carbonyl (C=O) groups is 1. The number of nitrogens with one attached hydrogen (secondary N) is 2. The van der Waals surface area contributed by atoms with Gasteiger partial charge in [0.15, 0.2) is 0 Å². The summed E-state index contributed by atoms with van der Waals surface area (Å²) >= 11 is 0. The van der Waals surface area contributed by atoms with Gasteiger partial charge in [0, 0.05) is 23.8 Å². The van der Waals surface area contributed by atoms with Gasteiger partial charge in [0.05, 0.1) is 6.20 Å². The molecule has 0 radical (unpaired) electrons. The zero-order valence-corrected chi connectivity index (χ0v) is 18.3. The summed E-state index contributed by atoms with van der Waals surface area (Å²) in [5, 5.41) is 5.90. The zero-order valence-electron chi connectivity index (χ0n) is 18.3. The second-order valence-electron chi connectivity index (χ2n) is 8.35. The summed E-state index contributed by atoms with van der Waals surface area (Å²) in [6, 6.07) is 5.85. The number of aromatic nitrogens is 1. The normalized spacial score (nSPS) is 16.3. The summed E-state index contributed by atoms with van der Waals surface area (Å²) in [4.78, 5) is 16.4. The first-order valence-corrected chi connectivity index (χ1v) is 10.3.